The van der Waals surface area contributed by atoms with Crippen molar-refractivity contribution in [1.29, 1.82) is 0 Å². The van der Waals surface area contributed by atoms with Crippen molar-refractivity contribution in [2.45, 2.75) is 29.9 Å². The maximum Gasteiger partial charge on any atom is 0.255 e. The summed E-state index contributed by atoms with van der Waals surface area (Å²) in [6.45, 7) is 3.90. The first-order valence-electron chi connectivity index (χ1n) is 11.5. The number of anilines is 2. The van der Waals surface area contributed by atoms with Gasteiger partial charge in [0.25, 0.3) is 5.91 Å². The lowest BCUT2D eigenvalue weighted by molar-refractivity contribution is -0.115. The zero-order valence-corrected chi connectivity index (χ0v) is 23.1. The smallest absolute Gasteiger partial charge is 0.255 e. The largest absolute Gasteiger partial charge is 0.493 e. The van der Waals surface area contributed by atoms with E-state index in [-0.39, 0.29) is 17.1 Å². The summed E-state index contributed by atoms with van der Waals surface area (Å²) in [7, 11) is 3.07. The molecular weight excluding hydrogens is 530 g/mol. The van der Waals surface area contributed by atoms with Crippen LogP contribution in [-0.4, -0.2) is 36.3 Å². The van der Waals surface area contributed by atoms with Crippen LogP contribution in [0.4, 0.5) is 11.4 Å². The molecule has 0 bridgehead atoms. The summed E-state index contributed by atoms with van der Waals surface area (Å²) in [5.41, 5.74) is 3.55. The Morgan fingerprint density at radius 1 is 1.03 bits per heavy atom. The molecule has 1 atom stereocenters. The van der Waals surface area contributed by atoms with E-state index in [1.165, 1.54) is 30.2 Å². The molecule has 0 saturated carbocycles. The maximum absolute atomic E-state index is 13.0. The van der Waals surface area contributed by atoms with E-state index in [0.29, 0.717) is 39.9 Å². The Kier molecular flexibility index (Phi) is 8.58. The predicted octanol–water partition coefficient (Wildman–Crippen LogP) is 7.04. The summed E-state index contributed by atoms with van der Waals surface area (Å²) in [6, 6.07) is 16.0. The molecule has 0 aliphatic heterocycles. The molecule has 0 aliphatic rings. The highest BCUT2D eigenvalue weighted by molar-refractivity contribution is 8.02. The number of ether oxygens (including phenoxy) is 2. The molecule has 0 spiro atoms. The molecule has 192 valence electrons. The molecule has 0 radical (unpaired) electrons. The molecule has 3 aromatic carbocycles. The lowest BCUT2D eigenvalue weighted by atomic mass is 10.2. The molecular formula is C27H26ClN3O4S2. The van der Waals surface area contributed by atoms with Crippen molar-refractivity contribution in [3.63, 3.8) is 0 Å². The van der Waals surface area contributed by atoms with Gasteiger partial charge in [-0.1, -0.05) is 36.4 Å². The minimum absolute atomic E-state index is 0.0972. The number of carbonyl (C=O) groups excluding carboxylic acids is 2. The van der Waals surface area contributed by atoms with E-state index in [1.54, 1.807) is 43.5 Å². The third-order valence-electron chi connectivity index (χ3n) is 5.64. The molecule has 2 N–H and O–H groups in total. The standard InChI is InChI=1S/C27H26ClN3O4S2/c1-5-23(26(33)30-20-13-17(28)8-6-15(20)2)36-27-31-19-10-9-18(14-24(19)37-27)29-25(32)16-7-11-21(34-3)22(12-16)35-4/h6-14,23H,5H2,1-4H3,(H,29,32)(H,30,33). The van der Waals surface area contributed by atoms with Gasteiger partial charge in [0.05, 0.1) is 29.7 Å². The molecule has 0 aliphatic carbocycles. The van der Waals surface area contributed by atoms with Crippen LogP contribution in [0.25, 0.3) is 10.2 Å². The van der Waals surface area contributed by atoms with E-state index in [1.807, 2.05) is 32.0 Å². The van der Waals surface area contributed by atoms with Gasteiger partial charge in [-0.15, -0.1) is 11.3 Å². The van der Waals surface area contributed by atoms with E-state index < -0.39 is 0 Å². The predicted molar refractivity (Wildman–Crippen MR) is 152 cm³/mol. The Balaban J connectivity index is 1.46. The van der Waals surface area contributed by atoms with Gasteiger partial charge in [0.1, 0.15) is 0 Å². The highest BCUT2D eigenvalue weighted by Gasteiger charge is 2.21. The fourth-order valence-electron chi connectivity index (χ4n) is 3.60. The van der Waals surface area contributed by atoms with Gasteiger partial charge in [-0.2, -0.15) is 0 Å². The molecule has 1 unspecified atom stereocenters. The van der Waals surface area contributed by atoms with Crippen LogP contribution in [0.5, 0.6) is 11.5 Å². The lowest BCUT2D eigenvalue weighted by Crippen LogP contribution is -2.24. The van der Waals surface area contributed by atoms with Crippen molar-refractivity contribution in [2.24, 2.45) is 0 Å². The highest BCUT2D eigenvalue weighted by atomic mass is 35.5. The molecule has 4 aromatic rings. The normalized spacial score (nSPS) is 11.7. The summed E-state index contributed by atoms with van der Waals surface area (Å²) >= 11 is 9.00. The minimum Gasteiger partial charge on any atom is -0.493 e. The number of halogens is 1. The number of methoxy groups -OCH3 is 2. The molecule has 37 heavy (non-hydrogen) atoms. The lowest BCUT2D eigenvalue weighted by Gasteiger charge is -2.14. The Bertz CT molecular complexity index is 1460. The summed E-state index contributed by atoms with van der Waals surface area (Å²) in [6.07, 6.45) is 0.638. The minimum atomic E-state index is -0.317. The van der Waals surface area contributed by atoms with Crippen molar-refractivity contribution in [3.8, 4) is 11.5 Å². The van der Waals surface area contributed by atoms with Crippen LogP contribution in [0.3, 0.4) is 0 Å². The first kappa shape index (κ1) is 26.8. The Morgan fingerprint density at radius 3 is 2.54 bits per heavy atom. The van der Waals surface area contributed by atoms with E-state index in [9.17, 15) is 9.59 Å². The highest BCUT2D eigenvalue weighted by Crippen LogP contribution is 2.35. The van der Waals surface area contributed by atoms with Gasteiger partial charge in [0, 0.05) is 22.0 Å². The monoisotopic (exact) mass is 555 g/mol. The third-order valence-corrected chi connectivity index (χ3v) is 8.35. The van der Waals surface area contributed by atoms with Gasteiger partial charge in [0.15, 0.2) is 15.8 Å². The fourth-order valence-corrected chi connectivity index (χ4v) is 6.04. The van der Waals surface area contributed by atoms with E-state index in [0.717, 1.165) is 20.1 Å². The average molecular weight is 556 g/mol. The number of rotatable bonds is 9. The molecule has 10 heteroatoms. The van der Waals surface area contributed by atoms with Gasteiger partial charge in [-0.05, 0) is 67.4 Å². The van der Waals surface area contributed by atoms with Gasteiger partial charge in [0.2, 0.25) is 5.91 Å². The van der Waals surface area contributed by atoms with Gasteiger partial charge >= 0.3 is 0 Å². The van der Waals surface area contributed by atoms with Crippen molar-refractivity contribution < 1.29 is 19.1 Å². The van der Waals surface area contributed by atoms with E-state index >= 15 is 0 Å². The van der Waals surface area contributed by atoms with Crippen LogP contribution in [0.1, 0.15) is 29.3 Å². The number of nitrogens with zero attached hydrogens (tertiary/aromatic N) is 1. The summed E-state index contributed by atoms with van der Waals surface area (Å²) < 4.78 is 12.2. The first-order chi connectivity index (χ1) is 17.8. The Morgan fingerprint density at radius 2 is 1.81 bits per heavy atom. The van der Waals surface area contributed by atoms with Crippen LogP contribution in [-0.2, 0) is 4.79 Å². The summed E-state index contributed by atoms with van der Waals surface area (Å²) in [4.78, 5) is 30.4. The second-order valence-corrected chi connectivity index (χ2v) is 11.1. The zero-order valence-electron chi connectivity index (χ0n) is 20.8. The summed E-state index contributed by atoms with van der Waals surface area (Å²) in [5.74, 6) is 0.671. The molecule has 7 nitrogen and oxygen atoms in total. The molecule has 1 aromatic heterocycles. The fraction of sp³-hybridized carbons (Fsp3) is 0.222. The van der Waals surface area contributed by atoms with Crippen LogP contribution in [0.15, 0.2) is 58.9 Å². The quantitative estimate of drug-likeness (QED) is 0.215. The number of aromatic nitrogens is 1. The van der Waals surface area contributed by atoms with Gasteiger partial charge < -0.3 is 20.1 Å². The topological polar surface area (TPSA) is 89.6 Å². The van der Waals surface area contributed by atoms with E-state index in [4.69, 9.17) is 21.1 Å². The third kappa shape index (κ3) is 6.36. The van der Waals surface area contributed by atoms with Crippen LogP contribution < -0.4 is 20.1 Å². The van der Waals surface area contributed by atoms with Crippen LogP contribution in [0.2, 0.25) is 5.02 Å². The molecule has 0 fully saturated rings. The molecule has 2 amide bonds. The van der Waals surface area contributed by atoms with Crippen molar-refractivity contribution in [1.82, 2.24) is 4.98 Å². The number of nitrogens with one attached hydrogen (secondary N) is 2. The average Bonchev–Trinajstić information content (AvgIpc) is 3.30. The van der Waals surface area contributed by atoms with Gasteiger partial charge in [-0.3, -0.25) is 9.59 Å². The van der Waals surface area contributed by atoms with Crippen molar-refractivity contribution in [2.75, 3.05) is 24.9 Å². The number of thiazole rings is 1. The number of amides is 2. The number of hydrogen-bond acceptors (Lipinski definition) is 7. The molecule has 1 heterocycles. The first-order valence-corrected chi connectivity index (χ1v) is 13.6. The van der Waals surface area contributed by atoms with E-state index in [2.05, 4.69) is 15.6 Å². The summed E-state index contributed by atoms with van der Waals surface area (Å²) in [5, 5.41) is 6.16. The molecule has 0 saturated heterocycles. The maximum atomic E-state index is 13.0. The number of aryl methyl sites for hydroxylation is 1. The number of carbonyl (C=O) groups is 2. The molecule has 4 rings (SSSR count). The number of thioether (sulfide) groups is 1. The Hall–Kier alpha value is -3.27. The number of fused-ring (bicyclic) bond motifs is 1. The number of hydrogen-bond donors (Lipinski definition) is 2. The van der Waals surface area contributed by atoms with Crippen molar-refractivity contribution >= 4 is 68.1 Å². The van der Waals surface area contributed by atoms with Crippen molar-refractivity contribution in [3.05, 3.63) is 70.7 Å². The van der Waals surface area contributed by atoms with Crippen LogP contribution in [0, 0.1) is 6.92 Å². The Labute approximate surface area is 228 Å². The number of benzene rings is 3. The SMILES string of the molecule is CCC(Sc1nc2ccc(NC(=O)c3ccc(OC)c(OC)c3)cc2s1)C(=O)Nc1cc(Cl)ccc1C. The second-order valence-electron chi connectivity index (χ2n) is 8.15. The second kappa shape index (κ2) is 11.9. The zero-order chi connectivity index (χ0) is 26.5. The van der Waals surface area contributed by atoms with Crippen LogP contribution >= 0.6 is 34.7 Å². The van der Waals surface area contributed by atoms with Gasteiger partial charge in [-0.25, -0.2) is 4.98 Å².